The molecule has 0 unspecified atom stereocenters. The maximum atomic E-state index is 5.88. The van der Waals surface area contributed by atoms with Gasteiger partial charge in [0.2, 0.25) is 0 Å². The van der Waals surface area contributed by atoms with Crippen molar-refractivity contribution in [2.45, 2.75) is 0 Å². The zero-order valence-electron chi connectivity index (χ0n) is 12.0. The van der Waals surface area contributed by atoms with Gasteiger partial charge in [0.05, 0.1) is 11.7 Å². The number of anilines is 1. The fraction of sp³-hybridized carbons (Fsp3) is 0. The van der Waals surface area contributed by atoms with E-state index in [9.17, 15) is 0 Å². The van der Waals surface area contributed by atoms with E-state index >= 15 is 0 Å². The van der Waals surface area contributed by atoms with E-state index in [1.165, 1.54) is 0 Å². The second-order valence-corrected chi connectivity index (χ2v) is 4.64. The quantitative estimate of drug-likeness (QED) is 0.399. The van der Waals surface area contributed by atoms with E-state index in [0.29, 0.717) is 0 Å². The molecular formula is C20H15NO. The Morgan fingerprint density at radius 3 is 1.82 bits per heavy atom. The van der Waals surface area contributed by atoms with Gasteiger partial charge in [-0.05, 0) is 42.3 Å². The Hall–Kier alpha value is -3.18. The highest BCUT2D eigenvalue weighted by Gasteiger charge is 2.05. The average Bonchev–Trinajstić information content (AvgIpc) is 2.61. The average molecular weight is 285 g/mol. The molecule has 0 atom stereocenters. The summed E-state index contributed by atoms with van der Waals surface area (Å²) in [5, 5.41) is 1.59. The zero-order valence-corrected chi connectivity index (χ0v) is 12.0. The monoisotopic (exact) mass is 285 g/mol. The smallest absolute Gasteiger partial charge is 0.156 e. The molecule has 0 amide bonds. The maximum Gasteiger partial charge on any atom is 0.156 e. The Bertz CT molecular complexity index is 758. The number of rotatable bonds is 3. The normalized spacial score (nSPS) is 9.45. The summed E-state index contributed by atoms with van der Waals surface area (Å²) in [5.74, 6) is 3.86. The van der Waals surface area contributed by atoms with Crippen molar-refractivity contribution in [3.05, 3.63) is 96.6 Å². The summed E-state index contributed by atoms with van der Waals surface area (Å²) in [5.41, 5.74) is 1.83. The first-order valence-corrected chi connectivity index (χ1v) is 7.07. The van der Waals surface area contributed by atoms with E-state index in [2.05, 4.69) is 12.0 Å². The minimum absolute atomic E-state index is 0.744. The molecule has 22 heavy (non-hydrogen) atoms. The largest absolute Gasteiger partial charge is 0.367 e. The molecule has 0 saturated carbocycles. The lowest BCUT2D eigenvalue weighted by atomic mass is 10.2. The lowest BCUT2D eigenvalue weighted by molar-refractivity contribution is 0.327. The molecule has 0 fully saturated rings. The fourth-order valence-electron chi connectivity index (χ4n) is 1.93. The molecule has 2 heteroatoms. The molecule has 0 saturated heterocycles. The fourth-order valence-corrected chi connectivity index (χ4v) is 1.93. The van der Waals surface area contributed by atoms with Gasteiger partial charge in [0.1, 0.15) is 0 Å². The molecule has 3 aromatic rings. The molecule has 3 aromatic carbocycles. The van der Waals surface area contributed by atoms with Crippen molar-refractivity contribution in [1.29, 1.82) is 0 Å². The van der Waals surface area contributed by atoms with Gasteiger partial charge in [-0.15, -0.1) is 5.06 Å². The van der Waals surface area contributed by atoms with E-state index in [1.807, 2.05) is 91.0 Å². The number of hydrogen-bond acceptors (Lipinski definition) is 2. The van der Waals surface area contributed by atoms with Gasteiger partial charge in [0, 0.05) is 5.56 Å². The van der Waals surface area contributed by atoms with Crippen LogP contribution in [-0.4, -0.2) is 0 Å². The van der Waals surface area contributed by atoms with Gasteiger partial charge in [0.15, 0.2) is 5.75 Å². The van der Waals surface area contributed by atoms with Crippen molar-refractivity contribution < 1.29 is 4.84 Å². The van der Waals surface area contributed by atoms with Crippen LogP contribution in [0, 0.1) is 12.0 Å². The van der Waals surface area contributed by atoms with Crippen molar-refractivity contribution in [3.8, 4) is 17.7 Å². The van der Waals surface area contributed by atoms with Crippen LogP contribution >= 0.6 is 0 Å². The van der Waals surface area contributed by atoms with Crippen molar-refractivity contribution in [2.24, 2.45) is 0 Å². The minimum atomic E-state index is 0.744. The van der Waals surface area contributed by atoms with Crippen molar-refractivity contribution in [2.75, 3.05) is 5.06 Å². The Morgan fingerprint density at radius 1 is 0.636 bits per heavy atom. The van der Waals surface area contributed by atoms with E-state index in [1.54, 1.807) is 5.06 Å². The molecule has 0 bridgehead atoms. The number of hydrogen-bond donors (Lipinski definition) is 0. The second-order valence-electron chi connectivity index (χ2n) is 4.64. The number of nitrogens with zero attached hydrogens (tertiary/aromatic N) is 1. The first kappa shape index (κ1) is 13.8. The van der Waals surface area contributed by atoms with Gasteiger partial charge in [-0.1, -0.05) is 54.6 Å². The summed E-state index contributed by atoms with van der Waals surface area (Å²) in [6.45, 7) is 0. The lowest BCUT2D eigenvalue weighted by Crippen LogP contribution is -2.21. The molecule has 106 valence electrons. The lowest BCUT2D eigenvalue weighted by Gasteiger charge is -2.17. The predicted octanol–water partition coefficient (Wildman–Crippen LogP) is 4.50. The first-order chi connectivity index (χ1) is 10.9. The van der Waals surface area contributed by atoms with Crippen LogP contribution in [0.25, 0.3) is 0 Å². The topological polar surface area (TPSA) is 12.5 Å². The van der Waals surface area contributed by atoms with E-state index in [0.717, 1.165) is 17.0 Å². The Balaban J connectivity index is 1.89. The van der Waals surface area contributed by atoms with E-state index < -0.39 is 0 Å². The van der Waals surface area contributed by atoms with Crippen molar-refractivity contribution >= 4 is 5.69 Å². The molecular weight excluding hydrogens is 270 g/mol. The molecule has 0 aliphatic heterocycles. The molecule has 2 nitrogen and oxygen atoms in total. The Kier molecular flexibility index (Phi) is 4.39. The molecule has 0 aromatic heterocycles. The third-order valence-electron chi connectivity index (χ3n) is 3.01. The van der Waals surface area contributed by atoms with Gasteiger partial charge in [-0.3, -0.25) is 0 Å². The summed E-state index contributed by atoms with van der Waals surface area (Å²) in [6, 6.07) is 32.3. The minimum Gasteiger partial charge on any atom is -0.367 e. The van der Waals surface area contributed by atoms with Gasteiger partial charge in [-0.2, -0.15) is 0 Å². The van der Waals surface area contributed by atoms with Gasteiger partial charge >= 0.3 is 0 Å². The van der Waals surface area contributed by atoms with Crippen LogP contribution in [0.15, 0.2) is 91.0 Å². The van der Waals surface area contributed by atoms with Crippen LogP contribution in [0.1, 0.15) is 5.56 Å². The molecule has 0 radical (unpaired) electrons. The van der Waals surface area contributed by atoms with Crippen LogP contribution in [0.2, 0.25) is 0 Å². The standard InChI is InChI=1S/C20H15NO/c1-4-10-18(11-5-1)16-17-21(19-12-6-2-7-13-19)22-20-14-8-3-9-15-20/h1-15H. The number of hydroxylamine groups is 1. The third-order valence-corrected chi connectivity index (χ3v) is 3.01. The maximum absolute atomic E-state index is 5.88. The number of benzene rings is 3. The van der Waals surface area contributed by atoms with Crippen molar-refractivity contribution in [3.63, 3.8) is 0 Å². The number of para-hydroxylation sites is 2. The van der Waals surface area contributed by atoms with Gasteiger partial charge in [-0.25, -0.2) is 0 Å². The highest BCUT2D eigenvalue weighted by Crippen LogP contribution is 2.17. The predicted molar refractivity (Wildman–Crippen MR) is 89.3 cm³/mol. The van der Waals surface area contributed by atoms with Crippen molar-refractivity contribution in [1.82, 2.24) is 0 Å². The molecule has 0 heterocycles. The summed E-state index contributed by atoms with van der Waals surface area (Å²) in [7, 11) is 0. The highest BCUT2D eigenvalue weighted by atomic mass is 16.7. The van der Waals surface area contributed by atoms with Crippen LogP contribution in [0.3, 0.4) is 0 Å². The summed E-state index contributed by atoms with van der Waals surface area (Å²) in [4.78, 5) is 5.88. The first-order valence-electron chi connectivity index (χ1n) is 7.07. The van der Waals surface area contributed by atoms with Crippen LogP contribution < -0.4 is 9.90 Å². The van der Waals surface area contributed by atoms with E-state index in [-0.39, 0.29) is 0 Å². The Morgan fingerprint density at radius 2 is 1.18 bits per heavy atom. The molecule has 0 aliphatic rings. The summed E-state index contributed by atoms with van der Waals surface area (Å²) in [6.07, 6.45) is 0. The SMILES string of the molecule is C(#CN(Oc1ccccc1)c1ccccc1)c1ccccc1. The highest BCUT2D eigenvalue weighted by molar-refractivity contribution is 5.51. The molecule has 3 rings (SSSR count). The van der Waals surface area contributed by atoms with Gasteiger partial charge in [0.25, 0.3) is 0 Å². The third kappa shape index (κ3) is 3.68. The summed E-state index contributed by atoms with van der Waals surface area (Å²) < 4.78 is 0. The van der Waals surface area contributed by atoms with Crippen LogP contribution in [-0.2, 0) is 0 Å². The molecule has 0 N–H and O–H groups in total. The van der Waals surface area contributed by atoms with Crippen LogP contribution in [0.4, 0.5) is 5.69 Å². The molecule has 0 spiro atoms. The Labute approximate surface area is 130 Å². The van der Waals surface area contributed by atoms with Gasteiger partial charge < -0.3 is 4.84 Å². The van der Waals surface area contributed by atoms with Crippen LogP contribution in [0.5, 0.6) is 5.75 Å². The summed E-state index contributed by atoms with van der Waals surface area (Å²) >= 11 is 0. The second kappa shape index (κ2) is 7.01. The van der Waals surface area contributed by atoms with E-state index in [4.69, 9.17) is 4.84 Å². The molecule has 0 aliphatic carbocycles. The zero-order chi connectivity index (χ0) is 15.0.